The Balaban J connectivity index is 2.21. The van der Waals surface area contributed by atoms with Gasteiger partial charge in [-0.15, -0.1) is 0 Å². The molecule has 0 aromatic heterocycles. The average Bonchev–Trinajstić information content (AvgIpc) is 3.38. The molecule has 0 heterocycles. The molecule has 4 heteroatoms. The van der Waals surface area contributed by atoms with Crippen molar-refractivity contribution in [1.82, 2.24) is 0 Å². The fourth-order valence-electron chi connectivity index (χ4n) is 3.47. The van der Waals surface area contributed by atoms with Gasteiger partial charge in [0.25, 0.3) is 0 Å². The Labute approximate surface area is 154 Å². The molecule has 0 spiro atoms. The molecule has 0 N–H and O–H groups in total. The van der Waals surface area contributed by atoms with Crippen LogP contribution in [0.15, 0.2) is 18.2 Å². The molecule has 25 heavy (non-hydrogen) atoms. The lowest BCUT2D eigenvalue weighted by atomic mass is 9.90. The quantitative estimate of drug-likeness (QED) is 0.357. The zero-order valence-electron chi connectivity index (χ0n) is 16.9. The molecule has 1 aromatic rings. The first-order valence-electron chi connectivity index (χ1n) is 9.68. The Morgan fingerprint density at radius 2 is 1.56 bits per heavy atom. The lowest BCUT2D eigenvalue weighted by Gasteiger charge is -2.27. The molecular formula is C21H35O3P. The van der Waals surface area contributed by atoms with Crippen LogP contribution in [0.3, 0.4) is 0 Å². The predicted molar refractivity (Wildman–Crippen MR) is 106 cm³/mol. The van der Waals surface area contributed by atoms with Crippen LogP contribution >= 0.6 is 7.37 Å². The van der Waals surface area contributed by atoms with Gasteiger partial charge in [-0.25, -0.2) is 0 Å². The second-order valence-electron chi connectivity index (χ2n) is 8.27. The van der Waals surface area contributed by atoms with E-state index in [0.29, 0.717) is 11.8 Å². The molecule has 1 aliphatic carbocycles. The molecule has 2 rings (SSSR count). The summed E-state index contributed by atoms with van der Waals surface area (Å²) < 4.78 is 25.0. The molecule has 1 aromatic carbocycles. The van der Waals surface area contributed by atoms with Crippen LogP contribution in [0.25, 0.3) is 0 Å². The number of hydrogen-bond donors (Lipinski definition) is 0. The Bertz CT molecular complexity index is 606. The van der Waals surface area contributed by atoms with Gasteiger partial charge in [-0.1, -0.05) is 66.7 Å². The van der Waals surface area contributed by atoms with Crippen LogP contribution in [0.4, 0.5) is 0 Å². The molecule has 1 atom stereocenters. The minimum atomic E-state index is -2.71. The first kappa shape index (κ1) is 20.5. The van der Waals surface area contributed by atoms with Crippen molar-refractivity contribution in [1.29, 1.82) is 0 Å². The highest BCUT2D eigenvalue weighted by Crippen LogP contribution is 2.56. The number of hydrogen-bond acceptors (Lipinski definition) is 3. The Morgan fingerprint density at radius 1 is 1.00 bits per heavy atom. The van der Waals surface area contributed by atoms with Crippen molar-refractivity contribution in [3.63, 3.8) is 0 Å². The normalized spacial score (nSPS) is 16.7. The van der Waals surface area contributed by atoms with Gasteiger partial charge >= 0.3 is 0 Å². The van der Waals surface area contributed by atoms with Gasteiger partial charge in [0.2, 0.25) is 7.37 Å². The van der Waals surface area contributed by atoms with E-state index in [9.17, 15) is 4.57 Å². The molecule has 142 valence electrons. The maximum Gasteiger partial charge on any atom is 0.210 e. The third-order valence-corrected chi connectivity index (χ3v) is 8.80. The van der Waals surface area contributed by atoms with Crippen molar-refractivity contribution in [3.05, 3.63) is 29.3 Å². The van der Waals surface area contributed by atoms with Crippen molar-refractivity contribution >= 4 is 7.37 Å². The summed E-state index contributed by atoms with van der Waals surface area (Å²) in [6, 6.07) is 6.44. The lowest BCUT2D eigenvalue weighted by Crippen LogP contribution is -2.15. The van der Waals surface area contributed by atoms with Crippen LogP contribution in [0, 0.1) is 5.92 Å². The van der Waals surface area contributed by atoms with Gasteiger partial charge in [0.1, 0.15) is 5.75 Å². The van der Waals surface area contributed by atoms with E-state index in [-0.39, 0.29) is 18.1 Å². The highest BCUT2D eigenvalue weighted by molar-refractivity contribution is 7.60. The van der Waals surface area contributed by atoms with E-state index in [1.165, 1.54) is 24.0 Å². The minimum Gasteiger partial charge on any atom is -0.467 e. The van der Waals surface area contributed by atoms with Crippen molar-refractivity contribution in [2.24, 2.45) is 5.92 Å². The highest BCUT2D eigenvalue weighted by Gasteiger charge is 2.33. The maximum atomic E-state index is 13.1. The summed E-state index contributed by atoms with van der Waals surface area (Å²) >= 11 is 0. The van der Waals surface area contributed by atoms with Gasteiger partial charge in [0.05, 0.1) is 0 Å². The molecule has 0 aliphatic heterocycles. The minimum absolute atomic E-state index is 0.00120. The largest absolute Gasteiger partial charge is 0.467 e. The van der Waals surface area contributed by atoms with Crippen LogP contribution in [0.1, 0.15) is 84.3 Å². The smallest absolute Gasteiger partial charge is 0.210 e. The molecule has 1 saturated carbocycles. The lowest BCUT2D eigenvalue weighted by molar-refractivity contribution is 0.116. The van der Waals surface area contributed by atoms with E-state index < -0.39 is 7.37 Å². The number of benzene rings is 1. The third-order valence-electron chi connectivity index (χ3n) is 5.41. The molecule has 0 saturated heterocycles. The fraction of sp³-hybridized carbons (Fsp3) is 0.714. The van der Waals surface area contributed by atoms with E-state index in [1.54, 1.807) is 0 Å². The summed E-state index contributed by atoms with van der Waals surface area (Å²) in [5.74, 6) is 2.58. The van der Waals surface area contributed by atoms with Gasteiger partial charge < -0.3 is 4.74 Å². The number of para-hydroxylation sites is 1. The molecule has 3 nitrogen and oxygen atoms in total. The van der Waals surface area contributed by atoms with E-state index in [1.807, 2.05) is 27.7 Å². The van der Waals surface area contributed by atoms with E-state index in [0.717, 1.165) is 11.7 Å². The molecule has 1 unspecified atom stereocenters. The third kappa shape index (κ3) is 4.68. The number of rotatable bonds is 9. The van der Waals surface area contributed by atoms with Gasteiger partial charge in [0, 0.05) is 11.3 Å². The van der Waals surface area contributed by atoms with Gasteiger partial charge in [0.15, 0.2) is 6.79 Å². The second kappa shape index (κ2) is 8.27. The Kier molecular flexibility index (Phi) is 6.79. The van der Waals surface area contributed by atoms with Crippen LogP contribution in [-0.4, -0.2) is 18.1 Å². The topological polar surface area (TPSA) is 35.5 Å². The first-order valence-corrected chi connectivity index (χ1v) is 11.4. The summed E-state index contributed by atoms with van der Waals surface area (Å²) in [5, 5.41) is 0. The van der Waals surface area contributed by atoms with Gasteiger partial charge in [-0.3, -0.25) is 9.09 Å². The average molecular weight is 366 g/mol. The fourth-order valence-corrected chi connectivity index (χ4v) is 5.47. The maximum absolute atomic E-state index is 13.1. The predicted octanol–water partition coefficient (Wildman–Crippen LogP) is 6.77. The molecular weight excluding hydrogens is 331 g/mol. The van der Waals surface area contributed by atoms with Gasteiger partial charge in [-0.2, -0.15) is 0 Å². The van der Waals surface area contributed by atoms with E-state index >= 15 is 0 Å². The van der Waals surface area contributed by atoms with Crippen LogP contribution in [0.5, 0.6) is 5.75 Å². The van der Waals surface area contributed by atoms with Crippen LogP contribution in [0.2, 0.25) is 0 Å². The van der Waals surface area contributed by atoms with E-state index in [4.69, 9.17) is 9.26 Å². The molecule has 0 amide bonds. The van der Waals surface area contributed by atoms with Crippen LogP contribution in [-0.2, 0) is 9.09 Å². The van der Waals surface area contributed by atoms with Crippen molar-refractivity contribution < 1.29 is 13.8 Å². The second-order valence-corrected chi connectivity index (χ2v) is 11.9. The zero-order valence-corrected chi connectivity index (χ0v) is 17.8. The molecule has 0 radical (unpaired) electrons. The van der Waals surface area contributed by atoms with Crippen molar-refractivity contribution in [2.45, 2.75) is 84.5 Å². The Morgan fingerprint density at radius 3 is 2.04 bits per heavy atom. The summed E-state index contributed by atoms with van der Waals surface area (Å²) in [5.41, 5.74) is 2.47. The summed E-state index contributed by atoms with van der Waals surface area (Å²) in [4.78, 5) is 0. The summed E-state index contributed by atoms with van der Waals surface area (Å²) in [7, 11) is -2.71. The highest BCUT2D eigenvalue weighted by atomic mass is 31.2. The monoisotopic (exact) mass is 366 g/mol. The number of ether oxygens (including phenoxy) is 1. The molecule has 1 fully saturated rings. The standard InChI is InChI=1S/C21H35O3P/c1-14(2)19-9-8-10-20(17(7)18-11-12-18)21(19)23-13-24-25(22,15(3)4)16(5)6/h8-10,14-18H,11-13H2,1-7H3. The van der Waals surface area contributed by atoms with Gasteiger partial charge in [-0.05, 0) is 41.7 Å². The van der Waals surface area contributed by atoms with Crippen LogP contribution < -0.4 is 4.74 Å². The molecule has 1 aliphatic rings. The summed E-state index contributed by atoms with van der Waals surface area (Å²) in [6.07, 6.45) is 2.61. The summed E-state index contributed by atoms with van der Waals surface area (Å²) in [6.45, 7) is 14.6. The van der Waals surface area contributed by atoms with Crippen molar-refractivity contribution in [2.75, 3.05) is 6.79 Å². The molecule has 0 bridgehead atoms. The van der Waals surface area contributed by atoms with E-state index in [2.05, 4.69) is 39.0 Å². The van der Waals surface area contributed by atoms with Crippen molar-refractivity contribution in [3.8, 4) is 5.75 Å². The first-order chi connectivity index (χ1) is 11.7. The zero-order chi connectivity index (χ0) is 18.8. The Hall–Kier alpha value is -0.790. The SMILES string of the molecule is CC(C)c1cccc(C(C)C2CC2)c1OCOP(=O)(C(C)C)C(C)C.